The third kappa shape index (κ3) is 4.15. The second kappa shape index (κ2) is 10.6. The summed E-state index contributed by atoms with van der Waals surface area (Å²) >= 11 is 0. The van der Waals surface area contributed by atoms with Gasteiger partial charge in [-0.3, -0.25) is 0 Å². The van der Waals surface area contributed by atoms with E-state index in [4.69, 9.17) is 0 Å². The van der Waals surface area contributed by atoms with Gasteiger partial charge in [-0.15, -0.1) is 0 Å². The largest absolute Gasteiger partial charge is 0.355 e. The van der Waals surface area contributed by atoms with Gasteiger partial charge in [0.25, 0.3) is 0 Å². The van der Waals surface area contributed by atoms with E-state index in [-0.39, 0.29) is 5.41 Å². The molecular weight excluding hydrogens is 567 g/mol. The standard InChI is InChI=1S/C46H39N/c1-2-10-32(11-3-1)38-12-4-5-13-39(38)33-18-21-37(22-19-33)47-45-17-9-7-14-40(45)34-20-23-44-42(29-34)41-15-6-8-16-43(41)46(44)35-25-30-24-31(27-35)28-36(46)26-30/h1-23,29-31,35-36,47H,24-28H2. The number of rotatable bonds is 5. The van der Waals surface area contributed by atoms with E-state index in [1.807, 2.05) is 0 Å². The normalized spacial score (nSPS) is 24.7. The molecule has 1 spiro atoms. The molecule has 0 radical (unpaired) electrons. The Morgan fingerprint density at radius 1 is 0.404 bits per heavy atom. The number of nitrogens with one attached hydrogen (secondary N) is 1. The first-order chi connectivity index (χ1) is 23.3. The molecule has 4 fully saturated rings. The van der Waals surface area contributed by atoms with Gasteiger partial charge in [-0.05, 0) is 130 Å². The van der Waals surface area contributed by atoms with Crippen molar-refractivity contribution in [3.05, 3.63) is 157 Å². The molecule has 0 heterocycles. The second-order valence-corrected chi connectivity index (χ2v) is 14.6. The Morgan fingerprint density at radius 2 is 0.936 bits per heavy atom. The van der Waals surface area contributed by atoms with Gasteiger partial charge < -0.3 is 5.32 Å². The summed E-state index contributed by atoms with van der Waals surface area (Å²) in [5.41, 5.74) is 16.2. The van der Waals surface area contributed by atoms with Gasteiger partial charge in [0.05, 0.1) is 0 Å². The Morgan fingerprint density at radius 3 is 1.64 bits per heavy atom. The molecule has 4 bridgehead atoms. The number of fused-ring (bicyclic) bond motifs is 3. The maximum absolute atomic E-state index is 3.78. The molecule has 0 atom stereocenters. The highest BCUT2D eigenvalue weighted by molar-refractivity contribution is 5.89. The van der Waals surface area contributed by atoms with E-state index < -0.39 is 0 Å². The summed E-state index contributed by atoms with van der Waals surface area (Å²) in [5, 5.41) is 3.78. The molecule has 0 unspecified atom stereocenters. The van der Waals surface area contributed by atoms with Gasteiger partial charge in [0, 0.05) is 22.4 Å². The van der Waals surface area contributed by atoms with E-state index in [9.17, 15) is 0 Å². The lowest BCUT2D eigenvalue weighted by molar-refractivity contribution is -0.0399. The highest BCUT2D eigenvalue weighted by Crippen LogP contribution is 2.69. The SMILES string of the molecule is c1ccc(-c2ccccc2-c2ccc(Nc3ccccc3-c3ccc4c(c3)-c3ccccc3C43C4CC5CC(C4)CC3C5)cc2)cc1. The fraction of sp³-hybridized carbons (Fsp3) is 0.217. The Kier molecular flexibility index (Phi) is 6.13. The summed E-state index contributed by atoms with van der Waals surface area (Å²) in [7, 11) is 0. The van der Waals surface area contributed by atoms with E-state index >= 15 is 0 Å². The Labute approximate surface area is 278 Å². The smallest absolute Gasteiger partial charge is 0.0463 e. The minimum atomic E-state index is 0.219. The van der Waals surface area contributed by atoms with Gasteiger partial charge in [0.1, 0.15) is 0 Å². The van der Waals surface area contributed by atoms with Crippen molar-refractivity contribution in [3.8, 4) is 44.5 Å². The Balaban J connectivity index is 0.995. The first-order valence-electron chi connectivity index (χ1n) is 17.6. The van der Waals surface area contributed by atoms with Crippen molar-refractivity contribution in [1.82, 2.24) is 0 Å². The van der Waals surface area contributed by atoms with Crippen molar-refractivity contribution in [2.24, 2.45) is 23.7 Å². The summed E-state index contributed by atoms with van der Waals surface area (Å²) in [4.78, 5) is 0. The predicted octanol–water partition coefficient (Wildman–Crippen LogP) is 12.2. The second-order valence-electron chi connectivity index (χ2n) is 14.6. The molecule has 5 aliphatic rings. The van der Waals surface area contributed by atoms with Crippen molar-refractivity contribution < 1.29 is 0 Å². The maximum Gasteiger partial charge on any atom is 0.0463 e. The topological polar surface area (TPSA) is 12.0 Å². The molecule has 47 heavy (non-hydrogen) atoms. The van der Waals surface area contributed by atoms with E-state index in [0.717, 1.165) is 35.0 Å². The molecule has 6 aromatic carbocycles. The minimum absolute atomic E-state index is 0.219. The molecule has 228 valence electrons. The van der Waals surface area contributed by atoms with Crippen LogP contribution in [0.1, 0.15) is 43.2 Å². The summed E-state index contributed by atoms with van der Waals surface area (Å²) in [6.07, 6.45) is 7.18. The fourth-order valence-corrected chi connectivity index (χ4v) is 10.7. The molecule has 11 rings (SSSR count). The van der Waals surface area contributed by atoms with Crippen LogP contribution in [0.15, 0.2) is 146 Å². The van der Waals surface area contributed by atoms with Crippen LogP contribution in [0.4, 0.5) is 11.4 Å². The quantitative estimate of drug-likeness (QED) is 0.206. The summed E-state index contributed by atoms with van der Waals surface area (Å²) in [6, 6.07) is 53.9. The van der Waals surface area contributed by atoms with Gasteiger partial charge in [0.2, 0.25) is 0 Å². The average Bonchev–Trinajstić information content (AvgIpc) is 3.41. The monoisotopic (exact) mass is 605 g/mol. The molecular formula is C46H39N. The lowest BCUT2D eigenvalue weighted by Crippen LogP contribution is -2.55. The van der Waals surface area contributed by atoms with Crippen LogP contribution in [0.5, 0.6) is 0 Å². The van der Waals surface area contributed by atoms with Gasteiger partial charge in [-0.25, -0.2) is 0 Å². The Bertz CT molecular complexity index is 2090. The minimum Gasteiger partial charge on any atom is -0.355 e. The van der Waals surface area contributed by atoms with Gasteiger partial charge in [-0.2, -0.15) is 0 Å². The van der Waals surface area contributed by atoms with Gasteiger partial charge >= 0.3 is 0 Å². The number of anilines is 2. The van der Waals surface area contributed by atoms with E-state index in [0.29, 0.717) is 0 Å². The summed E-state index contributed by atoms with van der Waals surface area (Å²) in [5.74, 6) is 3.51. The maximum atomic E-state index is 3.78. The average molecular weight is 606 g/mol. The van der Waals surface area contributed by atoms with Crippen LogP contribution in [0, 0.1) is 23.7 Å². The van der Waals surface area contributed by atoms with Crippen molar-refractivity contribution in [2.45, 2.75) is 37.5 Å². The molecule has 5 aliphatic carbocycles. The van der Waals surface area contributed by atoms with Crippen LogP contribution in [0.25, 0.3) is 44.5 Å². The van der Waals surface area contributed by atoms with Gasteiger partial charge in [0.15, 0.2) is 0 Å². The number of benzene rings is 6. The first-order valence-corrected chi connectivity index (χ1v) is 17.6. The molecule has 0 amide bonds. The van der Waals surface area contributed by atoms with Crippen LogP contribution in [-0.2, 0) is 5.41 Å². The highest BCUT2D eigenvalue weighted by Gasteiger charge is 2.61. The van der Waals surface area contributed by atoms with Crippen molar-refractivity contribution in [2.75, 3.05) is 5.32 Å². The van der Waals surface area contributed by atoms with Crippen LogP contribution < -0.4 is 5.32 Å². The molecule has 1 heteroatoms. The highest BCUT2D eigenvalue weighted by atomic mass is 14.9. The van der Waals surface area contributed by atoms with Crippen LogP contribution >= 0.6 is 0 Å². The zero-order valence-corrected chi connectivity index (χ0v) is 26.7. The van der Waals surface area contributed by atoms with E-state index in [1.165, 1.54) is 76.6 Å². The lowest BCUT2D eigenvalue weighted by Gasteiger charge is -2.61. The zero-order valence-electron chi connectivity index (χ0n) is 26.7. The molecule has 0 aromatic heterocycles. The van der Waals surface area contributed by atoms with Crippen LogP contribution in [0.2, 0.25) is 0 Å². The lowest BCUT2D eigenvalue weighted by atomic mass is 9.43. The number of para-hydroxylation sites is 1. The van der Waals surface area contributed by atoms with E-state index in [1.54, 1.807) is 11.1 Å². The van der Waals surface area contributed by atoms with Crippen molar-refractivity contribution >= 4 is 11.4 Å². The third-order valence-corrected chi connectivity index (χ3v) is 12.3. The molecule has 0 aliphatic heterocycles. The predicted molar refractivity (Wildman–Crippen MR) is 196 cm³/mol. The molecule has 1 N–H and O–H groups in total. The van der Waals surface area contributed by atoms with E-state index in [2.05, 4.69) is 151 Å². The molecule has 1 nitrogen and oxygen atoms in total. The zero-order chi connectivity index (χ0) is 31.0. The third-order valence-electron chi connectivity index (χ3n) is 12.3. The molecule has 4 saturated carbocycles. The molecule has 6 aromatic rings. The summed E-state index contributed by atoms with van der Waals surface area (Å²) in [6.45, 7) is 0. The first kappa shape index (κ1) is 27.3. The number of hydrogen-bond donors (Lipinski definition) is 1. The van der Waals surface area contributed by atoms with Crippen LogP contribution in [0.3, 0.4) is 0 Å². The number of hydrogen-bond acceptors (Lipinski definition) is 1. The van der Waals surface area contributed by atoms with Crippen molar-refractivity contribution in [3.63, 3.8) is 0 Å². The van der Waals surface area contributed by atoms with Crippen molar-refractivity contribution in [1.29, 1.82) is 0 Å². The molecule has 0 saturated heterocycles. The summed E-state index contributed by atoms with van der Waals surface area (Å²) < 4.78 is 0. The van der Waals surface area contributed by atoms with Gasteiger partial charge in [-0.1, -0.05) is 121 Å². The van der Waals surface area contributed by atoms with Crippen LogP contribution in [-0.4, -0.2) is 0 Å². The fourth-order valence-electron chi connectivity index (χ4n) is 10.7. The Hall–Kier alpha value is -4.88.